The average Bonchev–Trinajstić information content (AvgIpc) is 2.55. The van der Waals surface area contributed by atoms with Crippen molar-refractivity contribution in [2.24, 2.45) is 0 Å². The van der Waals surface area contributed by atoms with Crippen molar-refractivity contribution in [2.75, 3.05) is 25.1 Å². The number of amides is 2. The van der Waals surface area contributed by atoms with Gasteiger partial charge in [-0.25, -0.2) is 4.79 Å². The SMILES string of the molecule is CCOc1ccc(NC(=O)NCCOc2c(C)cc(C)cc2C)cc1. The fraction of sp³-hybridized carbons (Fsp3) is 0.350. The summed E-state index contributed by atoms with van der Waals surface area (Å²) in [5.74, 6) is 1.67. The first-order valence-corrected chi connectivity index (χ1v) is 8.48. The second-order valence-corrected chi connectivity index (χ2v) is 5.91. The van der Waals surface area contributed by atoms with Crippen molar-refractivity contribution in [2.45, 2.75) is 27.7 Å². The molecule has 25 heavy (non-hydrogen) atoms. The minimum absolute atomic E-state index is 0.259. The summed E-state index contributed by atoms with van der Waals surface area (Å²) in [6.45, 7) is 9.52. The molecule has 134 valence electrons. The van der Waals surface area contributed by atoms with Crippen molar-refractivity contribution in [3.63, 3.8) is 0 Å². The van der Waals surface area contributed by atoms with Gasteiger partial charge in [-0.2, -0.15) is 0 Å². The van der Waals surface area contributed by atoms with Crippen LogP contribution in [0.1, 0.15) is 23.6 Å². The fourth-order valence-corrected chi connectivity index (χ4v) is 2.69. The largest absolute Gasteiger partial charge is 0.494 e. The van der Waals surface area contributed by atoms with Crippen LogP contribution in [0, 0.1) is 20.8 Å². The molecule has 0 bridgehead atoms. The van der Waals surface area contributed by atoms with Crippen molar-refractivity contribution in [3.8, 4) is 11.5 Å². The Balaban J connectivity index is 1.75. The van der Waals surface area contributed by atoms with E-state index in [0.717, 1.165) is 22.6 Å². The number of ether oxygens (including phenoxy) is 2. The molecular weight excluding hydrogens is 316 g/mol. The van der Waals surface area contributed by atoms with Gasteiger partial charge in [0.25, 0.3) is 0 Å². The summed E-state index contributed by atoms with van der Waals surface area (Å²) in [5.41, 5.74) is 4.15. The second-order valence-electron chi connectivity index (χ2n) is 5.91. The molecule has 2 rings (SSSR count). The number of carbonyl (C=O) groups excluding carboxylic acids is 1. The van der Waals surface area contributed by atoms with Gasteiger partial charge in [-0.1, -0.05) is 17.7 Å². The zero-order valence-electron chi connectivity index (χ0n) is 15.3. The van der Waals surface area contributed by atoms with Crippen LogP contribution >= 0.6 is 0 Å². The van der Waals surface area contributed by atoms with E-state index >= 15 is 0 Å². The van der Waals surface area contributed by atoms with Crippen LogP contribution in [0.15, 0.2) is 36.4 Å². The topological polar surface area (TPSA) is 59.6 Å². The van der Waals surface area contributed by atoms with Crippen molar-refractivity contribution >= 4 is 11.7 Å². The molecule has 0 atom stereocenters. The van der Waals surface area contributed by atoms with Crippen LogP contribution in [0.25, 0.3) is 0 Å². The summed E-state index contributed by atoms with van der Waals surface area (Å²) in [6, 6.07) is 11.2. The van der Waals surface area contributed by atoms with Crippen LogP contribution < -0.4 is 20.1 Å². The third kappa shape index (κ3) is 5.71. The number of rotatable bonds is 7. The lowest BCUT2D eigenvalue weighted by molar-refractivity contribution is 0.247. The van der Waals surface area contributed by atoms with Gasteiger partial charge in [-0.15, -0.1) is 0 Å². The molecule has 0 aliphatic rings. The summed E-state index contributed by atoms with van der Waals surface area (Å²) in [7, 11) is 0. The number of benzene rings is 2. The van der Waals surface area contributed by atoms with Crippen molar-refractivity contribution in [3.05, 3.63) is 53.1 Å². The Morgan fingerprint density at radius 3 is 2.24 bits per heavy atom. The Hall–Kier alpha value is -2.69. The molecule has 0 aliphatic heterocycles. The maximum atomic E-state index is 11.9. The van der Waals surface area contributed by atoms with Gasteiger partial charge >= 0.3 is 6.03 Å². The number of nitrogens with one attached hydrogen (secondary N) is 2. The molecule has 2 aromatic carbocycles. The van der Waals surface area contributed by atoms with Gasteiger partial charge in [0.2, 0.25) is 0 Å². The Bertz CT molecular complexity index is 688. The zero-order valence-corrected chi connectivity index (χ0v) is 15.3. The maximum absolute atomic E-state index is 11.9. The summed E-state index contributed by atoms with van der Waals surface area (Å²) < 4.78 is 11.2. The molecule has 2 amide bonds. The Kier molecular flexibility index (Phi) is 6.69. The second kappa shape index (κ2) is 8.97. The van der Waals surface area contributed by atoms with Crippen LogP contribution in [0.4, 0.5) is 10.5 Å². The highest BCUT2D eigenvalue weighted by atomic mass is 16.5. The third-order valence-electron chi connectivity index (χ3n) is 3.66. The molecule has 5 heteroatoms. The predicted octanol–water partition coefficient (Wildman–Crippen LogP) is 4.21. The standard InChI is InChI=1S/C20H26N2O3/c1-5-24-18-8-6-17(7-9-18)22-20(23)21-10-11-25-19-15(3)12-14(2)13-16(19)4/h6-9,12-13H,5,10-11H2,1-4H3,(H2,21,22,23). The average molecular weight is 342 g/mol. The van der Waals surface area contributed by atoms with Crippen LogP contribution in [0.3, 0.4) is 0 Å². The quantitative estimate of drug-likeness (QED) is 0.741. The van der Waals surface area contributed by atoms with E-state index in [-0.39, 0.29) is 6.03 Å². The van der Waals surface area contributed by atoms with Gasteiger partial charge in [-0.05, 0) is 63.1 Å². The van der Waals surface area contributed by atoms with Gasteiger partial charge in [0.1, 0.15) is 18.1 Å². The smallest absolute Gasteiger partial charge is 0.319 e. The van der Waals surface area contributed by atoms with E-state index in [9.17, 15) is 4.79 Å². The molecule has 0 unspecified atom stereocenters. The number of urea groups is 1. The number of anilines is 1. The van der Waals surface area contributed by atoms with Crippen LogP contribution in [0.2, 0.25) is 0 Å². The molecule has 0 radical (unpaired) electrons. The van der Waals surface area contributed by atoms with E-state index < -0.39 is 0 Å². The van der Waals surface area contributed by atoms with Gasteiger partial charge < -0.3 is 20.1 Å². The van der Waals surface area contributed by atoms with E-state index in [4.69, 9.17) is 9.47 Å². The van der Waals surface area contributed by atoms with Crippen LogP contribution in [-0.4, -0.2) is 25.8 Å². The van der Waals surface area contributed by atoms with E-state index in [2.05, 4.69) is 29.7 Å². The first-order valence-electron chi connectivity index (χ1n) is 8.48. The van der Waals surface area contributed by atoms with Gasteiger partial charge in [0.05, 0.1) is 13.2 Å². The molecule has 2 N–H and O–H groups in total. The van der Waals surface area contributed by atoms with Crippen molar-refractivity contribution in [1.29, 1.82) is 0 Å². The number of hydrogen-bond acceptors (Lipinski definition) is 3. The molecule has 0 aromatic heterocycles. The third-order valence-corrected chi connectivity index (χ3v) is 3.66. The maximum Gasteiger partial charge on any atom is 0.319 e. The first kappa shape index (κ1) is 18.6. The lowest BCUT2D eigenvalue weighted by Crippen LogP contribution is -2.32. The monoisotopic (exact) mass is 342 g/mol. The summed E-state index contributed by atoms with van der Waals surface area (Å²) in [5, 5.41) is 5.56. The van der Waals surface area contributed by atoms with E-state index in [1.807, 2.05) is 32.9 Å². The highest BCUT2D eigenvalue weighted by Crippen LogP contribution is 2.24. The highest BCUT2D eigenvalue weighted by molar-refractivity contribution is 5.89. The highest BCUT2D eigenvalue weighted by Gasteiger charge is 2.06. The van der Waals surface area contributed by atoms with Crippen LogP contribution in [-0.2, 0) is 0 Å². The number of hydrogen-bond donors (Lipinski definition) is 2. The van der Waals surface area contributed by atoms with Crippen LogP contribution in [0.5, 0.6) is 11.5 Å². The molecule has 0 spiro atoms. The van der Waals surface area contributed by atoms with Gasteiger partial charge in [-0.3, -0.25) is 0 Å². The minimum Gasteiger partial charge on any atom is -0.494 e. The molecule has 0 saturated carbocycles. The molecule has 0 aliphatic carbocycles. The Morgan fingerprint density at radius 2 is 1.64 bits per heavy atom. The Labute approximate surface area is 149 Å². The molecule has 2 aromatic rings. The van der Waals surface area contributed by atoms with Gasteiger partial charge in [0, 0.05) is 5.69 Å². The number of aryl methyl sites for hydroxylation is 3. The molecule has 0 heterocycles. The molecule has 5 nitrogen and oxygen atoms in total. The molecule has 0 saturated heterocycles. The van der Waals surface area contributed by atoms with E-state index in [0.29, 0.717) is 25.4 Å². The van der Waals surface area contributed by atoms with Crippen molar-refractivity contribution < 1.29 is 14.3 Å². The Morgan fingerprint density at radius 1 is 1.00 bits per heavy atom. The lowest BCUT2D eigenvalue weighted by Gasteiger charge is -2.14. The number of carbonyl (C=O) groups is 1. The minimum atomic E-state index is -0.259. The molecular formula is C20H26N2O3. The fourth-order valence-electron chi connectivity index (χ4n) is 2.69. The normalized spacial score (nSPS) is 10.2. The molecule has 0 fully saturated rings. The summed E-state index contributed by atoms with van der Waals surface area (Å²) in [6.07, 6.45) is 0. The summed E-state index contributed by atoms with van der Waals surface area (Å²) >= 11 is 0. The lowest BCUT2D eigenvalue weighted by atomic mass is 10.1. The van der Waals surface area contributed by atoms with Crippen molar-refractivity contribution in [1.82, 2.24) is 5.32 Å². The summed E-state index contributed by atoms with van der Waals surface area (Å²) in [4.78, 5) is 11.9. The van der Waals surface area contributed by atoms with E-state index in [1.54, 1.807) is 12.1 Å². The first-order chi connectivity index (χ1) is 12.0. The predicted molar refractivity (Wildman–Crippen MR) is 101 cm³/mol. The zero-order chi connectivity index (χ0) is 18.2. The van der Waals surface area contributed by atoms with E-state index in [1.165, 1.54) is 5.56 Å². The van der Waals surface area contributed by atoms with Gasteiger partial charge in [0.15, 0.2) is 0 Å².